The molecule has 0 spiro atoms. The van der Waals surface area contributed by atoms with E-state index in [0.717, 1.165) is 21.5 Å². The molecular formula is C48H26F2N10. The number of fused-ring (bicyclic) bond motifs is 4. The average molecular weight is 781 g/mol. The second-order valence-corrected chi connectivity index (χ2v) is 14.5. The molecule has 0 N–H and O–H groups in total. The molecule has 0 aliphatic heterocycles. The van der Waals surface area contributed by atoms with Crippen molar-refractivity contribution in [1.29, 1.82) is 0 Å². The Morgan fingerprint density at radius 3 is 0.950 bits per heavy atom. The molecular weight excluding hydrogens is 755 g/mol. The molecule has 12 aromatic rings. The second kappa shape index (κ2) is 13.1. The monoisotopic (exact) mass is 780 g/mol. The first-order valence-corrected chi connectivity index (χ1v) is 19.1. The fraction of sp³-hybridized carbons (Fsp3) is 0. The SMILES string of the molecule is Fc1cc(N(c2cnc3ncccc3c2)c2cnc3ncccc3c2)c2ccc3c(F)cc(N(c4cnc5ncccc5c4)c4cnc5ncccc5c4)c4ccc1c2c34. The minimum absolute atomic E-state index is 0.355. The number of hydrogen-bond acceptors (Lipinski definition) is 10. The Balaban J connectivity index is 1.15. The van der Waals surface area contributed by atoms with Crippen molar-refractivity contribution in [2.75, 3.05) is 9.80 Å². The Morgan fingerprint density at radius 1 is 0.333 bits per heavy atom. The van der Waals surface area contributed by atoms with Gasteiger partial charge in [-0.1, -0.05) is 24.3 Å². The van der Waals surface area contributed by atoms with E-state index in [4.69, 9.17) is 0 Å². The highest BCUT2D eigenvalue weighted by Crippen LogP contribution is 2.49. The molecule has 0 saturated carbocycles. The van der Waals surface area contributed by atoms with E-state index in [2.05, 4.69) is 39.9 Å². The quantitative estimate of drug-likeness (QED) is 0.151. The summed E-state index contributed by atoms with van der Waals surface area (Å²) < 4.78 is 33.9. The molecule has 12 rings (SSSR count). The van der Waals surface area contributed by atoms with Crippen LogP contribution in [0.25, 0.3) is 76.5 Å². The zero-order chi connectivity index (χ0) is 39.9. The van der Waals surface area contributed by atoms with E-state index in [0.29, 0.717) is 89.0 Å². The van der Waals surface area contributed by atoms with Gasteiger partial charge in [-0.15, -0.1) is 0 Å². The fourth-order valence-electron chi connectivity index (χ4n) is 8.40. The van der Waals surface area contributed by atoms with Crippen LogP contribution < -0.4 is 9.80 Å². The highest BCUT2D eigenvalue weighted by molar-refractivity contribution is 6.28. The summed E-state index contributed by atoms with van der Waals surface area (Å²) >= 11 is 0. The van der Waals surface area contributed by atoms with Gasteiger partial charge in [0.15, 0.2) is 22.6 Å². The van der Waals surface area contributed by atoms with Gasteiger partial charge in [-0.05, 0) is 84.9 Å². The van der Waals surface area contributed by atoms with Crippen molar-refractivity contribution in [3.8, 4) is 0 Å². The average Bonchev–Trinajstić information content (AvgIpc) is 3.29. The topological polar surface area (TPSA) is 110 Å². The molecule has 60 heavy (non-hydrogen) atoms. The van der Waals surface area contributed by atoms with Crippen LogP contribution in [0.3, 0.4) is 0 Å². The summed E-state index contributed by atoms with van der Waals surface area (Å²) in [5, 5.41) is 6.45. The molecule has 0 aliphatic rings. The standard InChI is InChI=1S/C48H26F2N10/c49-39-21-41(59(31-17-27-5-1-13-51-45(27)55-23-31)32-18-28-6-2-14-52-46(28)56-24-32)37-11-9-36-40(50)22-42(38-12-10-35(39)43(37)44(36)38)60(33-19-29-7-3-15-53-47(29)57-25-33)34-20-30-8-4-16-54-48(30)58-26-34/h1-26H. The number of halogens is 2. The third-order valence-electron chi connectivity index (χ3n) is 11.0. The molecule has 12 heteroatoms. The van der Waals surface area contributed by atoms with Crippen LogP contribution >= 0.6 is 0 Å². The minimum atomic E-state index is -0.470. The van der Waals surface area contributed by atoms with Gasteiger partial charge in [0.2, 0.25) is 0 Å². The minimum Gasteiger partial charge on any atom is -0.307 e. The fourth-order valence-corrected chi connectivity index (χ4v) is 8.40. The van der Waals surface area contributed by atoms with Crippen molar-refractivity contribution in [3.63, 3.8) is 0 Å². The summed E-state index contributed by atoms with van der Waals surface area (Å²) in [6.45, 7) is 0. The van der Waals surface area contributed by atoms with Crippen LogP contribution in [0.15, 0.2) is 159 Å². The van der Waals surface area contributed by atoms with Crippen LogP contribution in [0.2, 0.25) is 0 Å². The Kier molecular flexibility index (Phi) is 7.35. The number of pyridine rings is 8. The van der Waals surface area contributed by atoms with E-state index in [1.165, 1.54) is 12.1 Å². The largest absolute Gasteiger partial charge is 0.307 e. The molecule has 0 unspecified atom stereocenters. The van der Waals surface area contributed by atoms with Crippen molar-refractivity contribution in [1.82, 2.24) is 39.9 Å². The highest BCUT2D eigenvalue weighted by atomic mass is 19.1. The number of anilines is 6. The van der Waals surface area contributed by atoms with Crippen molar-refractivity contribution in [3.05, 3.63) is 170 Å². The van der Waals surface area contributed by atoms with Crippen molar-refractivity contribution in [2.24, 2.45) is 0 Å². The van der Waals surface area contributed by atoms with Crippen LogP contribution in [0.1, 0.15) is 0 Å². The van der Waals surface area contributed by atoms with Gasteiger partial charge >= 0.3 is 0 Å². The molecule has 0 saturated heterocycles. The zero-order valence-corrected chi connectivity index (χ0v) is 31.2. The summed E-state index contributed by atoms with van der Waals surface area (Å²) in [4.78, 5) is 40.3. The lowest BCUT2D eigenvalue weighted by Crippen LogP contribution is -2.13. The van der Waals surface area contributed by atoms with Gasteiger partial charge in [0.25, 0.3) is 0 Å². The van der Waals surface area contributed by atoms with Crippen LogP contribution in [0, 0.1) is 11.6 Å². The van der Waals surface area contributed by atoms with Gasteiger partial charge in [-0.2, -0.15) is 0 Å². The van der Waals surface area contributed by atoms with Crippen molar-refractivity contribution >= 4 is 111 Å². The van der Waals surface area contributed by atoms with E-state index in [9.17, 15) is 0 Å². The molecule has 0 aliphatic carbocycles. The zero-order valence-electron chi connectivity index (χ0n) is 31.2. The molecule has 282 valence electrons. The third kappa shape index (κ3) is 5.24. The Bertz CT molecular complexity index is 3290. The predicted molar refractivity (Wildman–Crippen MR) is 232 cm³/mol. The Hall–Kier alpha value is -8.38. The van der Waals surface area contributed by atoms with E-state index in [-0.39, 0.29) is 0 Å². The second-order valence-electron chi connectivity index (χ2n) is 14.5. The van der Waals surface area contributed by atoms with E-state index in [1.807, 2.05) is 94.7 Å². The molecule has 0 atom stereocenters. The molecule has 10 nitrogen and oxygen atoms in total. The van der Waals surface area contributed by atoms with E-state index < -0.39 is 11.6 Å². The molecule has 0 bridgehead atoms. The lowest BCUT2D eigenvalue weighted by molar-refractivity contribution is 0.639. The summed E-state index contributed by atoms with van der Waals surface area (Å²) in [5.41, 5.74) is 5.97. The summed E-state index contributed by atoms with van der Waals surface area (Å²) in [6.07, 6.45) is 13.6. The van der Waals surface area contributed by atoms with Crippen molar-refractivity contribution < 1.29 is 8.78 Å². The van der Waals surface area contributed by atoms with E-state index in [1.54, 1.807) is 61.7 Å². The van der Waals surface area contributed by atoms with Gasteiger partial charge in [0, 0.05) is 78.6 Å². The number of hydrogen-bond donors (Lipinski definition) is 0. The van der Waals surface area contributed by atoms with Gasteiger partial charge in [0.05, 0.1) is 58.9 Å². The number of aromatic nitrogens is 8. The lowest BCUT2D eigenvalue weighted by atomic mass is 9.91. The highest BCUT2D eigenvalue weighted by Gasteiger charge is 2.26. The van der Waals surface area contributed by atoms with Crippen LogP contribution in [0.5, 0.6) is 0 Å². The maximum atomic E-state index is 17.0. The number of rotatable bonds is 6. The van der Waals surface area contributed by atoms with Gasteiger partial charge in [-0.3, -0.25) is 0 Å². The van der Waals surface area contributed by atoms with E-state index >= 15 is 8.78 Å². The molecule has 8 aromatic heterocycles. The number of benzene rings is 4. The first kappa shape index (κ1) is 33.7. The van der Waals surface area contributed by atoms with Gasteiger partial charge < -0.3 is 9.80 Å². The molecule has 4 aromatic carbocycles. The van der Waals surface area contributed by atoms with Crippen LogP contribution in [-0.4, -0.2) is 39.9 Å². The molecule has 8 heterocycles. The lowest BCUT2D eigenvalue weighted by Gasteiger charge is -2.29. The maximum absolute atomic E-state index is 17.0. The van der Waals surface area contributed by atoms with Gasteiger partial charge in [-0.25, -0.2) is 48.7 Å². The Morgan fingerprint density at radius 2 is 0.633 bits per heavy atom. The maximum Gasteiger partial charge on any atom is 0.159 e. The van der Waals surface area contributed by atoms with Gasteiger partial charge in [0.1, 0.15) is 11.6 Å². The summed E-state index contributed by atoms with van der Waals surface area (Å²) in [6, 6.07) is 33.3. The van der Waals surface area contributed by atoms with Crippen LogP contribution in [0.4, 0.5) is 42.9 Å². The molecule has 0 radical (unpaired) electrons. The first-order chi connectivity index (χ1) is 29.6. The first-order valence-electron chi connectivity index (χ1n) is 19.1. The van der Waals surface area contributed by atoms with Crippen LogP contribution in [-0.2, 0) is 0 Å². The smallest absolute Gasteiger partial charge is 0.159 e. The normalized spacial score (nSPS) is 11.8. The summed E-state index contributed by atoms with van der Waals surface area (Å²) in [5.74, 6) is -0.939. The molecule has 0 fully saturated rings. The predicted octanol–water partition coefficient (Wildman–Crippen LogP) is 11.6. The number of nitrogens with zero attached hydrogens (tertiary/aromatic N) is 10. The third-order valence-corrected chi connectivity index (χ3v) is 11.0. The summed E-state index contributed by atoms with van der Waals surface area (Å²) in [7, 11) is 0. The molecule has 0 amide bonds. The Labute approximate surface area is 338 Å². The van der Waals surface area contributed by atoms with Crippen molar-refractivity contribution in [2.45, 2.75) is 0 Å².